The van der Waals surface area contributed by atoms with Gasteiger partial charge in [0.1, 0.15) is 4.75 Å². The Hall–Kier alpha value is -1.17. The Morgan fingerprint density at radius 1 is 1.50 bits per heavy atom. The van der Waals surface area contributed by atoms with Crippen molar-refractivity contribution < 1.29 is 13.2 Å². The lowest BCUT2D eigenvalue weighted by molar-refractivity contribution is -0.136. The summed E-state index contributed by atoms with van der Waals surface area (Å²) in [4.78, 5) is 12.3. The summed E-state index contributed by atoms with van der Waals surface area (Å²) in [7, 11) is -1.77. The fraction of sp³-hybridized carbons (Fsp3) is 0.667. The molecule has 0 unspecified atom stereocenters. The summed E-state index contributed by atoms with van der Waals surface area (Å²) in [5, 5.41) is 5.27. The van der Waals surface area contributed by atoms with Gasteiger partial charge in [0.25, 0.3) is 0 Å². The Kier molecular flexibility index (Phi) is 2.27. The van der Waals surface area contributed by atoms with E-state index in [1.165, 1.54) is 11.2 Å². The number of sulfone groups is 1. The van der Waals surface area contributed by atoms with Gasteiger partial charge in [-0.1, -0.05) is 19.1 Å². The number of hydrazone groups is 1. The number of hydrogen-bond donors (Lipinski definition) is 0. The lowest BCUT2D eigenvalue weighted by Gasteiger charge is -2.40. The molecule has 0 aromatic rings. The Bertz CT molecular complexity index is 566. The van der Waals surface area contributed by atoms with Gasteiger partial charge in [-0.2, -0.15) is 5.10 Å². The second-order valence-corrected chi connectivity index (χ2v) is 7.75. The molecule has 1 amide bonds. The quantitative estimate of drug-likeness (QED) is 0.682. The lowest BCUT2D eigenvalue weighted by atomic mass is 9.81. The molecule has 2 bridgehead atoms. The van der Waals surface area contributed by atoms with Gasteiger partial charge in [-0.3, -0.25) is 4.79 Å². The number of amides is 1. The first-order valence-electron chi connectivity index (χ1n) is 6.17. The van der Waals surface area contributed by atoms with E-state index in [1.54, 1.807) is 14.0 Å². The van der Waals surface area contributed by atoms with Gasteiger partial charge in [0.05, 0.1) is 5.92 Å². The monoisotopic (exact) mass is 268 g/mol. The first kappa shape index (κ1) is 11.9. The van der Waals surface area contributed by atoms with Crippen molar-refractivity contribution in [1.29, 1.82) is 0 Å². The van der Waals surface area contributed by atoms with Crippen LogP contribution >= 0.6 is 0 Å². The van der Waals surface area contributed by atoms with Crippen molar-refractivity contribution >= 4 is 22.0 Å². The Morgan fingerprint density at radius 3 is 2.89 bits per heavy atom. The number of hydrogen-bond acceptors (Lipinski definition) is 4. The molecule has 3 rings (SSSR count). The van der Waals surface area contributed by atoms with Crippen molar-refractivity contribution in [3.8, 4) is 0 Å². The highest BCUT2D eigenvalue weighted by atomic mass is 32.2. The van der Waals surface area contributed by atoms with E-state index in [0.717, 1.165) is 6.42 Å². The fourth-order valence-electron chi connectivity index (χ4n) is 3.62. The number of carbonyl (C=O) groups excluding carboxylic acids is 1. The van der Waals surface area contributed by atoms with E-state index in [0.29, 0.717) is 0 Å². The molecule has 1 fully saturated rings. The van der Waals surface area contributed by atoms with E-state index in [2.05, 4.69) is 5.10 Å². The summed E-state index contributed by atoms with van der Waals surface area (Å²) in [6.45, 7) is 1.63. The molecule has 1 heterocycles. The third-order valence-corrected chi connectivity index (χ3v) is 7.05. The molecule has 1 aliphatic heterocycles. The second kappa shape index (κ2) is 3.44. The summed E-state index contributed by atoms with van der Waals surface area (Å²) >= 11 is 0. The normalized spacial score (nSPS) is 41.6. The summed E-state index contributed by atoms with van der Waals surface area (Å²) in [6, 6.07) is 0. The van der Waals surface area contributed by atoms with E-state index >= 15 is 0 Å². The van der Waals surface area contributed by atoms with Gasteiger partial charge < -0.3 is 0 Å². The molecule has 1 saturated carbocycles. The maximum atomic E-state index is 12.5. The van der Waals surface area contributed by atoms with Gasteiger partial charge in [0.2, 0.25) is 5.91 Å². The molecular formula is C12H16N2O3S. The highest BCUT2D eigenvalue weighted by Gasteiger charge is 2.66. The average Bonchev–Trinajstić information content (AvgIpc) is 2.93. The summed E-state index contributed by atoms with van der Waals surface area (Å²) < 4.78 is 23.9. The largest absolute Gasteiger partial charge is 0.273 e. The number of nitrogens with zero attached hydrogens (tertiary/aromatic N) is 2. The molecule has 0 radical (unpaired) electrons. The maximum absolute atomic E-state index is 12.5. The van der Waals surface area contributed by atoms with Gasteiger partial charge in [-0.25, -0.2) is 13.4 Å². The van der Waals surface area contributed by atoms with E-state index in [-0.39, 0.29) is 23.5 Å². The average molecular weight is 268 g/mol. The zero-order valence-corrected chi connectivity index (χ0v) is 11.2. The Labute approximate surface area is 106 Å². The van der Waals surface area contributed by atoms with Crippen LogP contribution in [0.25, 0.3) is 0 Å². The van der Waals surface area contributed by atoms with Crippen LogP contribution in [0.3, 0.4) is 0 Å². The van der Waals surface area contributed by atoms with Gasteiger partial charge in [0.15, 0.2) is 9.84 Å². The highest BCUT2D eigenvalue weighted by Crippen LogP contribution is 2.55. The minimum atomic E-state index is -3.35. The first-order valence-corrected chi connectivity index (χ1v) is 7.82. The molecule has 0 saturated heterocycles. The first-order chi connectivity index (χ1) is 8.44. The van der Waals surface area contributed by atoms with Crippen molar-refractivity contribution in [3.63, 3.8) is 0 Å². The van der Waals surface area contributed by atoms with Crippen molar-refractivity contribution in [2.24, 2.45) is 22.9 Å². The number of fused-ring (bicyclic) bond motifs is 5. The molecule has 0 aromatic heterocycles. The standard InChI is InChI=1S/C12H16N2O3S/c1-3-18(16,17)12-7-13-14(2)11(15)10(12)8-4-5-9(12)6-8/h4-5,7-10H,3,6H2,1-2H3/t8-,9+,10-,12+/m0/s1. The molecule has 6 heteroatoms. The van der Waals surface area contributed by atoms with Gasteiger partial charge >= 0.3 is 0 Å². The molecule has 5 nitrogen and oxygen atoms in total. The number of carbonyl (C=O) groups is 1. The van der Waals surface area contributed by atoms with Crippen LogP contribution in [-0.4, -0.2) is 43.1 Å². The minimum Gasteiger partial charge on any atom is -0.273 e. The zero-order chi connectivity index (χ0) is 13.1. The topological polar surface area (TPSA) is 66.8 Å². The zero-order valence-electron chi connectivity index (χ0n) is 10.4. The molecule has 4 atom stereocenters. The van der Waals surface area contributed by atoms with Crippen molar-refractivity contribution in [2.75, 3.05) is 12.8 Å². The summed E-state index contributed by atoms with van der Waals surface area (Å²) in [5.41, 5.74) is 0. The summed E-state index contributed by atoms with van der Waals surface area (Å²) in [6.07, 6.45) is 6.18. The molecule has 98 valence electrons. The molecule has 2 aliphatic carbocycles. The van der Waals surface area contributed by atoms with E-state index in [4.69, 9.17) is 0 Å². The van der Waals surface area contributed by atoms with Crippen LogP contribution in [0.4, 0.5) is 0 Å². The van der Waals surface area contributed by atoms with Crippen LogP contribution in [0, 0.1) is 17.8 Å². The smallest absolute Gasteiger partial charge is 0.248 e. The predicted molar refractivity (Wildman–Crippen MR) is 67.7 cm³/mol. The third-order valence-electron chi connectivity index (χ3n) is 4.55. The second-order valence-electron chi connectivity index (χ2n) is 5.23. The fourth-order valence-corrected chi connectivity index (χ4v) is 5.62. The van der Waals surface area contributed by atoms with E-state index in [9.17, 15) is 13.2 Å². The minimum absolute atomic E-state index is 0.0398. The van der Waals surface area contributed by atoms with Crippen LogP contribution in [-0.2, 0) is 14.6 Å². The van der Waals surface area contributed by atoms with Crippen LogP contribution in [0.1, 0.15) is 13.3 Å². The number of allylic oxidation sites excluding steroid dienone is 2. The van der Waals surface area contributed by atoms with Crippen LogP contribution in [0.5, 0.6) is 0 Å². The highest BCUT2D eigenvalue weighted by molar-refractivity contribution is 7.93. The number of rotatable bonds is 2. The van der Waals surface area contributed by atoms with Gasteiger partial charge in [0, 0.05) is 24.9 Å². The summed E-state index contributed by atoms with van der Waals surface area (Å²) in [5.74, 6) is -0.674. The predicted octanol–water partition coefficient (Wildman–Crippen LogP) is 0.440. The maximum Gasteiger partial charge on any atom is 0.248 e. The van der Waals surface area contributed by atoms with Crippen LogP contribution in [0.2, 0.25) is 0 Å². The van der Waals surface area contributed by atoms with E-state index in [1.807, 2.05) is 12.2 Å². The van der Waals surface area contributed by atoms with Gasteiger partial charge in [-0.15, -0.1) is 0 Å². The van der Waals surface area contributed by atoms with Crippen molar-refractivity contribution in [3.05, 3.63) is 12.2 Å². The Morgan fingerprint density at radius 2 is 2.22 bits per heavy atom. The van der Waals surface area contributed by atoms with Gasteiger partial charge in [-0.05, 0) is 12.3 Å². The molecule has 0 aromatic carbocycles. The van der Waals surface area contributed by atoms with Crippen molar-refractivity contribution in [2.45, 2.75) is 18.1 Å². The third kappa shape index (κ3) is 1.14. The molecule has 18 heavy (non-hydrogen) atoms. The SMILES string of the molecule is CCS(=O)(=O)[C@@]12C=NN(C)C(=O)[C@@H]1[C@H]1C=C[C@@H]2C1. The lowest BCUT2D eigenvalue weighted by Crippen LogP contribution is -2.58. The molecule has 0 spiro atoms. The van der Waals surface area contributed by atoms with Crippen LogP contribution < -0.4 is 0 Å². The molecule has 3 aliphatic rings. The molecule has 0 N–H and O–H groups in total. The van der Waals surface area contributed by atoms with Crippen LogP contribution in [0.15, 0.2) is 17.3 Å². The van der Waals surface area contributed by atoms with E-state index < -0.39 is 20.5 Å². The Balaban J connectivity index is 2.24. The van der Waals surface area contributed by atoms with Crippen molar-refractivity contribution in [1.82, 2.24) is 5.01 Å². The molecular weight excluding hydrogens is 252 g/mol.